The molecule has 0 radical (unpaired) electrons. The maximum absolute atomic E-state index is 12.2. The average Bonchev–Trinajstić information content (AvgIpc) is 2.53. The molecule has 5 heteroatoms. The second-order valence-electron chi connectivity index (χ2n) is 4.76. The Kier molecular flexibility index (Phi) is 4.18. The lowest BCUT2D eigenvalue weighted by Gasteiger charge is -2.27. The minimum atomic E-state index is 0.200. The van der Waals surface area contributed by atoms with Gasteiger partial charge in [0, 0.05) is 37.8 Å². The second-order valence-corrected chi connectivity index (χ2v) is 5.72. The van der Waals surface area contributed by atoms with E-state index in [9.17, 15) is 4.79 Å². The number of amides is 1. The average molecular weight is 287 g/mol. The monoisotopic (exact) mass is 287 g/mol. The van der Waals surface area contributed by atoms with Gasteiger partial charge in [-0.05, 0) is 11.5 Å². The second kappa shape index (κ2) is 6.24. The molecular formula is C15H17N3OS. The molecule has 1 fully saturated rings. The molecule has 1 aromatic carbocycles. The Balaban J connectivity index is 1.69. The molecule has 4 nitrogen and oxygen atoms in total. The lowest BCUT2D eigenvalue weighted by molar-refractivity contribution is -0.128. The third-order valence-electron chi connectivity index (χ3n) is 3.44. The summed E-state index contributed by atoms with van der Waals surface area (Å²) in [5, 5.41) is 6.48. The Labute approximate surface area is 122 Å². The van der Waals surface area contributed by atoms with Crippen LogP contribution in [0.1, 0.15) is 0 Å². The Morgan fingerprint density at radius 1 is 1.25 bits per heavy atom. The number of piperazine rings is 1. The number of carbonyl (C=O) groups excluding carboxylic acids is 1. The zero-order chi connectivity index (χ0) is 13.8. The van der Waals surface area contributed by atoms with Gasteiger partial charge in [-0.1, -0.05) is 36.0 Å². The Morgan fingerprint density at radius 3 is 2.90 bits per heavy atom. The number of thioether (sulfide) groups is 1. The van der Waals surface area contributed by atoms with Crippen molar-refractivity contribution in [1.82, 2.24) is 15.2 Å². The van der Waals surface area contributed by atoms with E-state index in [1.165, 1.54) is 17.1 Å². The van der Waals surface area contributed by atoms with Crippen LogP contribution in [0.25, 0.3) is 10.8 Å². The highest BCUT2D eigenvalue weighted by Gasteiger charge is 2.16. The molecule has 0 atom stereocenters. The van der Waals surface area contributed by atoms with E-state index in [2.05, 4.69) is 22.4 Å². The first-order valence-corrected chi connectivity index (χ1v) is 7.78. The van der Waals surface area contributed by atoms with Gasteiger partial charge in [0.1, 0.15) is 5.03 Å². The van der Waals surface area contributed by atoms with Crippen molar-refractivity contribution in [3.63, 3.8) is 0 Å². The quantitative estimate of drug-likeness (QED) is 0.874. The normalized spacial score (nSPS) is 15.5. The molecule has 0 unspecified atom stereocenters. The molecule has 1 aromatic heterocycles. The topological polar surface area (TPSA) is 45.2 Å². The number of hydrogen-bond acceptors (Lipinski definition) is 4. The van der Waals surface area contributed by atoms with Gasteiger partial charge in [-0.2, -0.15) is 0 Å². The molecule has 104 valence electrons. The number of rotatable bonds is 3. The molecule has 1 amide bonds. The summed E-state index contributed by atoms with van der Waals surface area (Å²) in [5.74, 6) is 0.660. The molecule has 0 aliphatic carbocycles. The minimum Gasteiger partial charge on any atom is -0.339 e. The maximum atomic E-state index is 12.2. The number of nitrogens with zero attached hydrogens (tertiary/aromatic N) is 2. The van der Waals surface area contributed by atoms with Gasteiger partial charge in [-0.25, -0.2) is 4.98 Å². The SMILES string of the molecule is O=C(CSc1nccc2ccccc12)N1CCNCC1. The number of nitrogens with one attached hydrogen (secondary N) is 1. The largest absolute Gasteiger partial charge is 0.339 e. The molecule has 0 bridgehead atoms. The molecule has 20 heavy (non-hydrogen) atoms. The summed E-state index contributed by atoms with van der Waals surface area (Å²) in [5.41, 5.74) is 0. The number of carbonyl (C=O) groups is 1. The smallest absolute Gasteiger partial charge is 0.233 e. The molecule has 1 aliphatic heterocycles. The minimum absolute atomic E-state index is 0.200. The number of aromatic nitrogens is 1. The highest BCUT2D eigenvalue weighted by molar-refractivity contribution is 8.00. The van der Waals surface area contributed by atoms with Crippen molar-refractivity contribution in [2.24, 2.45) is 0 Å². The van der Waals surface area contributed by atoms with Crippen LogP contribution in [0.4, 0.5) is 0 Å². The van der Waals surface area contributed by atoms with Crippen LogP contribution in [-0.4, -0.2) is 47.7 Å². The summed E-state index contributed by atoms with van der Waals surface area (Å²) in [6.45, 7) is 3.40. The zero-order valence-electron chi connectivity index (χ0n) is 11.2. The fraction of sp³-hybridized carbons (Fsp3) is 0.333. The van der Waals surface area contributed by atoms with Gasteiger partial charge in [0.15, 0.2) is 0 Å². The number of fused-ring (bicyclic) bond motifs is 1. The van der Waals surface area contributed by atoms with Crippen molar-refractivity contribution < 1.29 is 4.79 Å². The van der Waals surface area contributed by atoms with E-state index in [0.29, 0.717) is 5.75 Å². The summed E-state index contributed by atoms with van der Waals surface area (Å²) in [7, 11) is 0. The molecule has 1 saturated heterocycles. The summed E-state index contributed by atoms with van der Waals surface area (Å²) >= 11 is 1.53. The van der Waals surface area contributed by atoms with Crippen LogP contribution in [0.15, 0.2) is 41.6 Å². The fourth-order valence-electron chi connectivity index (χ4n) is 2.34. The molecule has 3 rings (SSSR count). The third-order valence-corrected chi connectivity index (χ3v) is 4.43. The Bertz CT molecular complexity index is 606. The van der Waals surface area contributed by atoms with E-state index in [1.54, 1.807) is 6.20 Å². The van der Waals surface area contributed by atoms with Crippen LogP contribution >= 0.6 is 11.8 Å². The predicted molar refractivity (Wildman–Crippen MR) is 81.9 cm³/mol. The van der Waals surface area contributed by atoms with Gasteiger partial charge in [0.2, 0.25) is 5.91 Å². The molecule has 2 heterocycles. The predicted octanol–water partition coefficient (Wildman–Crippen LogP) is 1.76. The summed E-state index contributed by atoms with van der Waals surface area (Å²) < 4.78 is 0. The van der Waals surface area contributed by atoms with E-state index in [0.717, 1.165) is 36.6 Å². The highest BCUT2D eigenvalue weighted by atomic mass is 32.2. The summed E-state index contributed by atoms with van der Waals surface area (Å²) in [4.78, 5) is 18.5. The Hall–Kier alpha value is -1.59. The van der Waals surface area contributed by atoms with Crippen molar-refractivity contribution in [2.75, 3.05) is 31.9 Å². The van der Waals surface area contributed by atoms with Gasteiger partial charge in [-0.15, -0.1) is 0 Å². The van der Waals surface area contributed by atoms with Crippen molar-refractivity contribution in [1.29, 1.82) is 0 Å². The molecule has 0 saturated carbocycles. The molecule has 1 N–H and O–H groups in total. The van der Waals surface area contributed by atoms with Gasteiger partial charge in [-0.3, -0.25) is 4.79 Å². The van der Waals surface area contributed by atoms with Crippen molar-refractivity contribution >= 4 is 28.4 Å². The number of pyridine rings is 1. The summed E-state index contributed by atoms with van der Waals surface area (Å²) in [6.07, 6.45) is 1.81. The van der Waals surface area contributed by atoms with Gasteiger partial charge < -0.3 is 10.2 Å². The van der Waals surface area contributed by atoms with Crippen molar-refractivity contribution in [3.8, 4) is 0 Å². The first kappa shape index (κ1) is 13.4. The molecule has 0 spiro atoms. The lowest BCUT2D eigenvalue weighted by Crippen LogP contribution is -2.47. The van der Waals surface area contributed by atoms with Crippen LogP contribution in [0.5, 0.6) is 0 Å². The van der Waals surface area contributed by atoms with Crippen molar-refractivity contribution in [2.45, 2.75) is 5.03 Å². The van der Waals surface area contributed by atoms with E-state index in [1.807, 2.05) is 23.1 Å². The first-order valence-electron chi connectivity index (χ1n) is 6.79. The molecule has 2 aromatic rings. The van der Waals surface area contributed by atoms with Gasteiger partial charge in [0.05, 0.1) is 5.75 Å². The number of hydrogen-bond donors (Lipinski definition) is 1. The van der Waals surface area contributed by atoms with Crippen LogP contribution in [-0.2, 0) is 4.79 Å². The maximum Gasteiger partial charge on any atom is 0.233 e. The van der Waals surface area contributed by atoms with E-state index in [-0.39, 0.29) is 5.91 Å². The van der Waals surface area contributed by atoms with Crippen LogP contribution in [0.2, 0.25) is 0 Å². The van der Waals surface area contributed by atoms with E-state index in [4.69, 9.17) is 0 Å². The van der Waals surface area contributed by atoms with Gasteiger partial charge in [0.25, 0.3) is 0 Å². The Morgan fingerprint density at radius 2 is 2.05 bits per heavy atom. The van der Waals surface area contributed by atoms with E-state index < -0.39 is 0 Å². The fourth-order valence-corrected chi connectivity index (χ4v) is 3.26. The van der Waals surface area contributed by atoms with Crippen LogP contribution < -0.4 is 5.32 Å². The first-order chi connectivity index (χ1) is 9.84. The van der Waals surface area contributed by atoms with Crippen LogP contribution in [0, 0.1) is 0 Å². The lowest BCUT2D eigenvalue weighted by atomic mass is 10.2. The third kappa shape index (κ3) is 2.94. The van der Waals surface area contributed by atoms with Gasteiger partial charge >= 0.3 is 0 Å². The van der Waals surface area contributed by atoms with E-state index >= 15 is 0 Å². The number of benzene rings is 1. The zero-order valence-corrected chi connectivity index (χ0v) is 12.0. The summed E-state index contributed by atoms with van der Waals surface area (Å²) in [6, 6.07) is 10.1. The standard InChI is InChI=1S/C15H17N3OS/c19-14(18-9-7-16-8-10-18)11-20-15-13-4-2-1-3-12(13)5-6-17-15/h1-6,16H,7-11H2. The highest BCUT2D eigenvalue weighted by Crippen LogP contribution is 2.25. The van der Waals surface area contributed by atoms with Crippen LogP contribution in [0.3, 0.4) is 0 Å². The van der Waals surface area contributed by atoms with Crippen molar-refractivity contribution in [3.05, 3.63) is 36.5 Å². The molecular weight excluding hydrogens is 270 g/mol. The molecule has 1 aliphatic rings.